The quantitative estimate of drug-likeness (QED) is 0.764. The Balaban J connectivity index is 2.12. The topological polar surface area (TPSA) is 29.9 Å². The molecule has 0 atom stereocenters. The first-order chi connectivity index (χ1) is 7.07. The van der Waals surface area contributed by atoms with Crippen LogP contribution in [0.3, 0.4) is 0 Å². The molecule has 0 bridgehead atoms. The van der Waals surface area contributed by atoms with Gasteiger partial charge in [-0.05, 0) is 36.9 Å². The zero-order valence-electron chi connectivity index (χ0n) is 9.95. The van der Waals surface area contributed by atoms with Crippen LogP contribution < -0.4 is 5.32 Å². The summed E-state index contributed by atoms with van der Waals surface area (Å²) in [4.78, 5) is 0. The summed E-state index contributed by atoms with van der Waals surface area (Å²) in [6.45, 7) is 8.94. The molecule has 1 aliphatic rings. The number of hydrogen-bond acceptors (Lipinski definition) is 2. The molecule has 0 unspecified atom stereocenters. The average Bonchev–Trinajstić information content (AvgIpc) is 2.67. The molecule has 3 heteroatoms. The summed E-state index contributed by atoms with van der Waals surface area (Å²) < 4.78 is 2.15. The molecule has 0 aromatic carbocycles. The van der Waals surface area contributed by atoms with Gasteiger partial charge in [-0.2, -0.15) is 5.10 Å². The van der Waals surface area contributed by atoms with Crippen LogP contribution in [0.4, 0.5) is 0 Å². The maximum atomic E-state index is 4.50. The maximum Gasteiger partial charge on any atom is 0.0543 e. The van der Waals surface area contributed by atoms with E-state index in [0.717, 1.165) is 13.1 Å². The van der Waals surface area contributed by atoms with E-state index >= 15 is 0 Å². The standard InChI is InChI=1S/C12H21N3/c1-12(2,3)10-8-14-15(9-10)11-4-6-13-7-5-11/h8-9,11,13H,4-7H2,1-3H3. The predicted molar refractivity (Wildman–Crippen MR) is 62.1 cm³/mol. The van der Waals surface area contributed by atoms with Gasteiger partial charge in [0.05, 0.1) is 12.2 Å². The van der Waals surface area contributed by atoms with E-state index < -0.39 is 0 Å². The lowest BCUT2D eigenvalue weighted by Gasteiger charge is -2.23. The van der Waals surface area contributed by atoms with Gasteiger partial charge in [0.25, 0.3) is 0 Å². The zero-order chi connectivity index (χ0) is 10.9. The number of nitrogens with zero attached hydrogens (tertiary/aromatic N) is 2. The lowest BCUT2D eigenvalue weighted by Crippen LogP contribution is -2.29. The van der Waals surface area contributed by atoms with Gasteiger partial charge in [0.2, 0.25) is 0 Å². The molecule has 84 valence electrons. The first-order valence-electron chi connectivity index (χ1n) is 5.83. The van der Waals surface area contributed by atoms with E-state index in [1.165, 1.54) is 18.4 Å². The van der Waals surface area contributed by atoms with E-state index in [1.54, 1.807) is 0 Å². The van der Waals surface area contributed by atoms with Crippen molar-refractivity contribution in [2.45, 2.75) is 45.1 Å². The van der Waals surface area contributed by atoms with Crippen molar-refractivity contribution in [3.05, 3.63) is 18.0 Å². The highest BCUT2D eigenvalue weighted by molar-refractivity contribution is 5.15. The molecule has 0 aliphatic carbocycles. The summed E-state index contributed by atoms with van der Waals surface area (Å²) in [6, 6.07) is 0.599. The SMILES string of the molecule is CC(C)(C)c1cnn(C2CCNCC2)c1. The van der Waals surface area contributed by atoms with Gasteiger partial charge in [0.1, 0.15) is 0 Å². The van der Waals surface area contributed by atoms with Crippen LogP contribution in [0.15, 0.2) is 12.4 Å². The van der Waals surface area contributed by atoms with E-state index in [4.69, 9.17) is 0 Å². The largest absolute Gasteiger partial charge is 0.317 e. The number of rotatable bonds is 1. The summed E-state index contributed by atoms with van der Waals surface area (Å²) in [7, 11) is 0. The van der Waals surface area contributed by atoms with Crippen LogP contribution >= 0.6 is 0 Å². The smallest absolute Gasteiger partial charge is 0.0543 e. The number of aromatic nitrogens is 2. The van der Waals surface area contributed by atoms with Gasteiger partial charge in [-0.3, -0.25) is 4.68 Å². The fourth-order valence-corrected chi connectivity index (χ4v) is 2.00. The van der Waals surface area contributed by atoms with E-state index in [1.807, 2.05) is 6.20 Å². The van der Waals surface area contributed by atoms with Gasteiger partial charge < -0.3 is 5.32 Å². The van der Waals surface area contributed by atoms with Crippen molar-refractivity contribution in [1.82, 2.24) is 15.1 Å². The lowest BCUT2D eigenvalue weighted by atomic mass is 9.90. The average molecular weight is 207 g/mol. The third-order valence-electron chi connectivity index (χ3n) is 3.15. The highest BCUT2D eigenvalue weighted by Crippen LogP contribution is 2.24. The number of piperidine rings is 1. The predicted octanol–water partition coefficient (Wildman–Crippen LogP) is 2.11. The van der Waals surface area contributed by atoms with Crippen molar-refractivity contribution >= 4 is 0 Å². The highest BCUT2D eigenvalue weighted by atomic mass is 15.3. The Bertz CT molecular complexity index is 316. The Morgan fingerprint density at radius 2 is 2.00 bits per heavy atom. The minimum atomic E-state index is 0.213. The number of nitrogens with one attached hydrogen (secondary N) is 1. The van der Waals surface area contributed by atoms with Crippen LogP contribution in [0.1, 0.15) is 45.2 Å². The van der Waals surface area contributed by atoms with E-state index in [2.05, 4.69) is 42.1 Å². The Hall–Kier alpha value is -0.830. The molecular weight excluding hydrogens is 186 g/mol. The molecule has 1 aliphatic heterocycles. The minimum Gasteiger partial charge on any atom is -0.317 e. The third kappa shape index (κ3) is 2.40. The number of hydrogen-bond donors (Lipinski definition) is 1. The van der Waals surface area contributed by atoms with E-state index in [9.17, 15) is 0 Å². The summed E-state index contributed by atoms with van der Waals surface area (Å²) in [6.07, 6.45) is 6.63. The van der Waals surface area contributed by atoms with Crippen molar-refractivity contribution in [2.75, 3.05) is 13.1 Å². The van der Waals surface area contributed by atoms with Gasteiger partial charge in [-0.25, -0.2) is 0 Å². The molecule has 0 saturated carbocycles. The zero-order valence-corrected chi connectivity index (χ0v) is 9.95. The molecule has 1 fully saturated rings. The first kappa shape index (κ1) is 10.7. The normalized spacial score (nSPS) is 19.4. The highest BCUT2D eigenvalue weighted by Gasteiger charge is 2.19. The Labute approximate surface area is 91.9 Å². The van der Waals surface area contributed by atoms with Crippen molar-refractivity contribution < 1.29 is 0 Å². The lowest BCUT2D eigenvalue weighted by molar-refractivity contribution is 0.342. The molecule has 15 heavy (non-hydrogen) atoms. The molecule has 2 heterocycles. The van der Waals surface area contributed by atoms with Crippen LogP contribution in [0, 0.1) is 0 Å². The van der Waals surface area contributed by atoms with Crippen molar-refractivity contribution in [2.24, 2.45) is 0 Å². The Morgan fingerprint density at radius 1 is 1.33 bits per heavy atom. The molecule has 1 saturated heterocycles. The van der Waals surface area contributed by atoms with Crippen molar-refractivity contribution in [1.29, 1.82) is 0 Å². The van der Waals surface area contributed by atoms with Gasteiger partial charge in [0, 0.05) is 6.20 Å². The molecule has 1 N–H and O–H groups in total. The fraction of sp³-hybridized carbons (Fsp3) is 0.750. The molecule has 1 aromatic rings. The minimum absolute atomic E-state index is 0.213. The second-order valence-corrected chi connectivity index (χ2v) is 5.44. The van der Waals surface area contributed by atoms with Crippen molar-refractivity contribution in [3.8, 4) is 0 Å². The fourth-order valence-electron chi connectivity index (χ4n) is 2.00. The van der Waals surface area contributed by atoms with Crippen LogP contribution in [-0.2, 0) is 5.41 Å². The van der Waals surface area contributed by atoms with Crippen LogP contribution in [0.25, 0.3) is 0 Å². The first-order valence-corrected chi connectivity index (χ1v) is 5.83. The summed E-state index contributed by atoms with van der Waals surface area (Å²) in [5.41, 5.74) is 1.55. The molecule has 0 spiro atoms. The van der Waals surface area contributed by atoms with Gasteiger partial charge in [-0.1, -0.05) is 20.8 Å². The molecule has 0 radical (unpaired) electrons. The summed E-state index contributed by atoms with van der Waals surface area (Å²) >= 11 is 0. The molecule has 0 amide bonds. The monoisotopic (exact) mass is 207 g/mol. The molecular formula is C12H21N3. The van der Waals surface area contributed by atoms with Crippen molar-refractivity contribution in [3.63, 3.8) is 0 Å². The van der Waals surface area contributed by atoms with E-state index in [0.29, 0.717) is 6.04 Å². The second kappa shape index (κ2) is 3.97. The molecule has 3 nitrogen and oxygen atoms in total. The van der Waals surface area contributed by atoms with Crippen LogP contribution in [-0.4, -0.2) is 22.9 Å². The molecule has 1 aromatic heterocycles. The van der Waals surface area contributed by atoms with Crippen LogP contribution in [0.5, 0.6) is 0 Å². The molecule has 2 rings (SSSR count). The Kier molecular flexibility index (Phi) is 2.83. The van der Waals surface area contributed by atoms with Gasteiger partial charge in [0.15, 0.2) is 0 Å². The van der Waals surface area contributed by atoms with Gasteiger partial charge >= 0.3 is 0 Å². The summed E-state index contributed by atoms with van der Waals surface area (Å²) in [5, 5.41) is 7.88. The van der Waals surface area contributed by atoms with E-state index in [-0.39, 0.29) is 5.41 Å². The third-order valence-corrected chi connectivity index (χ3v) is 3.15. The summed E-state index contributed by atoms with van der Waals surface area (Å²) in [5.74, 6) is 0. The Morgan fingerprint density at radius 3 is 2.53 bits per heavy atom. The second-order valence-electron chi connectivity index (χ2n) is 5.44. The van der Waals surface area contributed by atoms with Crippen LogP contribution in [0.2, 0.25) is 0 Å². The van der Waals surface area contributed by atoms with Gasteiger partial charge in [-0.15, -0.1) is 0 Å². The maximum absolute atomic E-state index is 4.50.